The van der Waals surface area contributed by atoms with Crippen LogP contribution in [0.15, 0.2) is 18.3 Å². The zero-order chi connectivity index (χ0) is 13.0. The third kappa shape index (κ3) is 3.00. The van der Waals surface area contributed by atoms with E-state index in [2.05, 4.69) is 9.88 Å². The van der Waals surface area contributed by atoms with Crippen LogP contribution in [0.1, 0.15) is 37.7 Å². The van der Waals surface area contributed by atoms with Crippen molar-refractivity contribution in [1.82, 2.24) is 4.98 Å². The van der Waals surface area contributed by atoms with Gasteiger partial charge in [0.15, 0.2) is 0 Å². The van der Waals surface area contributed by atoms with E-state index in [-0.39, 0.29) is 5.84 Å². The summed E-state index contributed by atoms with van der Waals surface area (Å²) in [7, 11) is 2.05. The van der Waals surface area contributed by atoms with Crippen molar-refractivity contribution in [2.75, 3.05) is 18.5 Å². The molecule has 1 heterocycles. The van der Waals surface area contributed by atoms with Crippen molar-refractivity contribution in [2.24, 2.45) is 11.7 Å². The largest absolute Gasteiger partial charge is 0.384 e. The molecule has 1 aliphatic rings. The van der Waals surface area contributed by atoms with Gasteiger partial charge in [0.25, 0.3) is 0 Å². The second kappa shape index (κ2) is 5.85. The maximum absolute atomic E-state index is 7.60. The second-order valence-corrected chi connectivity index (χ2v) is 5.17. The van der Waals surface area contributed by atoms with Gasteiger partial charge in [-0.05, 0) is 30.9 Å². The van der Waals surface area contributed by atoms with E-state index >= 15 is 0 Å². The lowest BCUT2D eigenvalue weighted by Gasteiger charge is -2.28. The highest BCUT2D eigenvalue weighted by Gasteiger charge is 2.18. The zero-order valence-electron chi connectivity index (χ0n) is 11.0. The molecule has 0 saturated heterocycles. The lowest BCUT2D eigenvalue weighted by Crippen LogP contribution is -2.29. The summed E-state index contributed by atoms with van der Waals surface area (Å²) >= 11 is 0. The Morgan fingerprint density at radius 1 is 1.44 bits per heavy atom. The van der Waals surface area contributed by atoms with Crippen LogP contribution in [0.4, 0.5) is 5.82 Å². The van der Waals surface area contributed by atoms with E-state index in [1.54, 1.807) is 6.20 Å². The molecule has 2 rings (SSSR count). The van der Waals surface area contributed by atoms with Crippen LogP contribution < -0.4 is 10.6 Å². The molecule has 1 saturated carbocycles. The van der Waals surface area contributed by atoms with E-state index in [1.165, 1.54) is 32.1 Å². The minimum absolute atomic E-state index is 0.0913. The molecule has 0 radical (unpaired) electrons. The van der Waals surface area contributed by atoms with Crippen LogP contribution in [0.3, 0.4) is 0 Å². The summed E-state index contributed by atoms with van der Waals surface area (Å²) in [6, 6.07) is 3.69. The van der Waals surface area contributed by atoms with Gasteiger partial charge in [-0.3, -0.25) is 5.41 Å². The van der Waals surface area contributed by atoms with Crippen molar-refractivity contribution >= 4 is 11.7 Å². The van der Waals surface area contributed by atoms with Crippen LogP contribution in [0.5, 0.6) is 0 Å². The number of aromatic nitrogens is 1. The van der Waals surface area contributed by atoms with Crippen LogP contribution >= 0.6 is 0 Å². The average molecular weight is 246 g/mol. The van der Waals surface area contributed by atoms with Gasteiger partial charge in [-0.1, -0.05) is 19.3 Å². The molecule has 0 aromatic carbocycles. The Hall–Kier alpha value is -1.58. The minimum atomic E-state index is 0.0913. The molecule has 0 aliphatic heterocycles. The standard InChI is InChI=1S/C14H22N4/c1-18(10-11-6-3-2-4-7-11)14-12(13(15)16)8-5-9-17-14/h5,8-9,11H,2-4,6-7,10H2,1H3,(H3,15,16). The van der Waals surface area contributed by atoms with E-state index in [1.807, 2.05) is 19.2 Å². The molecule has 0 unspecified atom stereocenters. The molecule has 18 heavy (non-hydrogen) atoms. The van der Waals surface area contributed by atoms with Crippen molar-refractivity contribution in [3.8, 4) is 0 Å². The predicted molar refractivity (Wildman–Crippen MR) is 75.1 cm³/mol. The maximum Gasteiger partial charge on any atom is 0.139 e. The lowest BCUT2D eigenvalue weighted by atomic mass is 9.89. The summed E-state index contributed by atoms with van der Waals surface area (Å²) < 4.78 is 0. The van der Waals surface area contributed by atoms with Gasteiger partial charge in [-0.2, -0.15) is 0 Å². The van der Waals surface area contributed by atoms with Gasteiger partial charge < -0.3 is 10.6 Å². The molecule has 0 bridgehead atoms. The highest BCUT2D eigenvalue weighted by Crippen LogP contribution is 2.26. The third-order valence-electron chi connectivity index (χ3n) is 3.70. The van der Waals surface area contributed by atoms with Crippen LogP contribution in [-0.4, -0.2) is 24.4 Å². The number of hydrogen-bond acceptors (Lipinski definition) is 3. The number of anilines is 1. The van der Waals surface area contributed by atoms with Gasteiger partial charge in [0.2, 0.25) is 0 Å². The molecule has 4 nitrogen and oxygen atoms in total. The smallest absolute Gasteiger partial charge is 0.139 e. The number of amidine groups is 1. The summed E-state index contributed by atoms with van der Waals surface area (Å²) in [5.41, 5.74) is 6.33. The lowest BCUT2D eigenvalue weighted by molar-refractivity contribution is 0.361. The van der Waals surface area contributed by atoms with Gasteiger partial charge >= 0.3 is 0 Å². The first-order chi connectivity index (χ1) is 8.68. The Kier molecular flexibility index (Phi) is 4.18. The number of rotatable bonds is 4. The third-order valence-corrected chi connectivity index (χ3v) is 3.70. The summed E-state index contributed by atoms with van der Waals surface area (Å²) in [6.07, 6.45) is 8.46. The Balaban J connectivity index is 2.08. The molecule has 3 N–H and O–H groups in total. The average Bonchev–Trinajstić information content (AvgIpc) is 2.40. The summed E-state index contributed by atoms with van der Waals surface area (Å²) in [4.78, 5) is 6.52. The molecule has 1 aliphatic carbocycles. The van der Waals surface area contributed by atoms with Crippen molar-refractivity contribution in [2.45, 2.75) is 32.1 Å². The number of nitrogens with zero attached hydrogens (tertiary/aromatic N) is 2. The summed E-state index contributed by atoms with van der Waals surface area (Å²) in [5, 5.41) is 7.60. The Bertz CT molecular complexity index is 410. The van der Waals surface area contributed by atoms with E-state index in [4.69, 9.17) is 11.1 Å². The van der Waals surface area contributed by atoms with Crippen molar-refractivity contribution in [3.63, 3.8) is 0 Å². The fourth-order valence-corrected chi connectivity index (χ4v) is 2.75. The van der Waals surface area contributed by atoms with Crippen molar-refractivity contribution < 1.29 is 0 Å². The fraction of sp³-hybridized carbons (Fsp3) is 0.571. The van der Waals surface area contributed by atoms with Crippen LogP contribution in [0.25, 0.3) is 0 Å². The normalized spacial score (nSPS) is 16.5. The number of nitrogens with two attached hydrogens (primary N) is 1. The Morgan fingerprint density at radius 3 is 2.83 bits per heavy atom. The predicted octanol–water partition coefficient (Wildman–Crippen LogP) is 2.38. The molecule has 4 heteroatoms. The van der Waals surface area contributed by atoms with Gasteiger partial charge in [0, 0.05) is 19.8 Å². The summed E-state index contributed by atoms with van der Waals surface area (Å²) in [6.45, 7) is 1.01. The highest BCUT2D eigenvalue weighted by atomic mass is 15.2. The number of nitrogen functional groups attached to an aromatic ring is 1. The van der Waals surface area contributed by atoms with Crippen molar-refractivity contribution in [3.05, 3.63) is 23.9 Å². The van der Waals surface area contributed by atoms with E-state index in [0.29, 0.717) is 0 Å². The molecular formula is C14H22N4. The van der Waals surface area contributed by atoms with E-state index < -0.39 is 0 Å². The Morgan fingerprint density at radius 2 is 2.17 bits per heavy atom. The summed E-state index contributed by atoms with van der Waals surface area (Å²) in [5.74, 6) is 1.68. The van der Waals surface area contributed by atoms with Gasteiger partial charge in [0.05, 0.1) is 5.56 Å². The van der Waals surface area contributed by atoms with Gasteiger partial charge in [0.1, 0.15) is 11.7 Å². The quantitative estimate of drug-likeness (QED) is 0.633. The van der Waals surface area contributed by atoms with Crippen molar-refractivity contribution in [1.29, 1.82) is 5.41 Å². The van der Waals surface area contributed by atoms with Crippen LogP contribution in [-0.2, 0) is 0 Å². The van der Waals surface area contributed by atoms with E-state index in [9.17, 15) is 0 Å². The monoisotopic (exact) mass is 246 g/mol. The first-order valence-corrected chi connectivity index (χ1v) is 6.69. The maximum atomic E-state index is 7.60. The second-order valence-electron chi connectivity index (χ2n) is 5.17. The van der Waals surface area contributed by atoms with Gasteiger partial charge in [-0.25, -0.2) is 4.98 Å². The molecule has 1 fully saturated rings. The number of nitrogens with one attached hydrogen (secondary N) is 1. The molecule has 1 aromatic heterocycles. The number of hydrogen-bond donors (Lipinski definition) is 2. The first kappa shape index (κ1) is 12.9. The first-order valence-electron chi connectivity index (χ1n) is 6.69. The van der Waals surface area contributed by atoms with Crippen LogP contribution in [0, 0.1) is 11.3 Å². The van der Waals surface area contributed by atoms with Crippen LogP contribution in [0.2, 0.25) is 0 Å². The molecule has 0 atom stereocenters. The van der Waals surface area contributed by atoms with Gasteiger partial charge in [-0.15, -0.1) is 0 Å². The molecular weight excluding hydrogens is 224 g/mol. The fourth-order valence-electron chi connectivity index (χ4n) is 2.75. The van der Waals surface area contributed by atoms with E-state index in [0.717, 1.165) is 23.8 Å². The molecule has 1 aromatic rings. The minimum Gasteiger partial charge on any atom is -0.384 e. The number of pyridine rings is 1. The Labute approximate surface area is 109 Å². The zero-order valence-corrected chi connectivity index (χ0v) is 11.0. The molecule has 0 amide bonds. The highest BCUT2D eigenvalue weighted by molar-refractivity contribution is 5.99. The molecule has 98 valence electrons. The SMILES string of the molecule is CN(CC1CCCCC1)c1ncccc1C(=N)N. The molecule has 0 spiro atoms. The topological polar surface area (TPSA) is 66.0 Å².